The van der Waals surface area contributed by atoms with Crippen molar-refractivity contribution in [1.82, 2.24) is 9.62 Å². The number of nitrogens with zero attached hydrogens (tertiary/aromatic N) is 1. The SMILES string of the molecule is CS(=O)(=O)N(CC(=O)NCc1ccccc1Cl)Cc1ccco1. The number of carbonyl (C=O) groups excluding carboxylic acids is 1. The van der Waals surface area contributed by atoms with Gasteiger partial charge in [-0.3, -0.25) is 4.79 Å². The van der Waals surface area contributed by atoms with Gasteiger partial charge < -0.3 is 9.73 Å². The number of carbonyl (C=O) groups is 1. The second-order valence-corrected chi connectivity index (χ2v) is 7.37. The van der Waals surface area contributed by atoms with Crippen molar-refractivity contribution in [3.63, 3.8) is 0 Å². The van der Waals surface area contributed by atoms with Gasteiger partial charge in [-0.1, -0.05) is 29.8 Å². The molecule has 0 bridgehead atoms. The van der Waals surface area contributed by atoms with E-state index in [1.54, 1.807) is 30.3 Å². The van der Waals surface area contributed by atoms with Crippen LogP contribution >= 0.6 is 11.6 Å². The normalized spacial score (nSPS) is 11.6. The summed E-state index contributed by atoms with van der Waals surface area (Å²) in [7, 11) is -3.54. The van der Waals surface area contributed by atoms with Crippen LogP contribution in [0.5, 0.6) is 0 Å². The molecule has 0 radical (unpaired) electrons. The highest BCUT2D eigenvalue weighted by Crippen LogP contribution is 2.14. The summed E-state index contributed by atoms with van der Waals surface area (Å²) in [6, 6.07) is 10.4. The Morgan fingerprint density at radius 2 is 2.00 bits per heavy atom. The van der Waals surface area contributed by atoms with Crippen LogP contribution in [0.4, 0.5) is 0 Å². The molecule has 0 spiro atoms. The average Bonchev–Trinajstić information content (AvgIpc) is 2.98. The lowest BCUT2D eigenvalue weighted by Crippen LogP contribution is -2.39. The van der Waals surface area contributed by atoms with Crippen molar-refractivity contribution in [3.8, 4) is 0 Å². The molecule has 6 nitrogen and oxygen atoms in total. The summed E-state index contributed by atoms with van der Waals surface area (Å²) in [4.78, 5) is 12.0. The molecule has 1 amide bonds. The first-order chi connectivity index (χ1) is 10.9. The maximum atomic E-state index is 12.0. The topological polar surface area (TPSA) is 79.6 Å². The predicted octanol–water partition coefficient (Wildman–Crippen LogP) is 2.01. The quantitative estimate of drug-likeness (QED) is 0.823. The summed E-state index contributed by atoms with van der Waals surface area (Å²) >= 11 is 6.01. The van der Waals surface area contributed by atoms with E-state index in [-0.39, 0.29) is 19.6 Å². The van der Waals surface area contributed by atoms with Gasteiger partial charge in [0.2, 0.25) is 15.9 Å². The van der Waals surface area contributed by atoms with Gasteiger partial charge in [0, 0.05) is 11.6 Å². The second-order valence-electron chi connectivity index (χ2n) is 4.98. The zero-order valence-corrected chi connectivity index (χ0v) is 14.1. The van der Waals surface area contributed by atoms with Crippen molar-refractivity contribution in [2.24, 2.45) is 0 Å². The maximum absolute atomic E-state index is 12.0. The third-order valence-electron chi connectivity index (χ3n) is 3.14. The molecule has 2 rings (SSSR count). The fourth-order valence-corrected chi connectivity index (χ4v) is 2.83. The number of nitrogens with one attached hydrogen (secondary N) is 1. The van der Waals surface area contributed by atoms with Crippen molar-refractivity contribution >= 4 is 27.5 Å². The molecule has 1 heterocycles. The second kappa shape index (κ2) is 7.63. The highest BCUT2D eigenvalue weighted by Gasteiger charge is 2.21. The van der Waals surface area contributed by atoms with Gasteiger partial charge in [-0.15, -0.1) is 0 Å². The number of halogens is 1. The molecule has 0 atom stereocenters. The molecule has 0 saturated heterocycles. The third kappa shape index (κ3) is 5.38. The fourth-order valence-electron chi connectivity index (χ4n) is 1.92. The molecule has 0 fully saturated rings. The average molecular weight is 357 g/mol. The van der Waals surface area contributed by atoms with E-state index in [0.717, 1.165) is 16.1 Å². The number of furan rings is 1. The summed E-state index contributed by atoms with van der Waals surface area (Å²) in [5.41, 5.74) is 0.763. The molecule has 2 aromatic rings. The van der Waals surface area contributed by atoms with Crippen LogP contribution < -0.4 is 5.32 Å². The monoisotopic (exact) mass is 356 g/mol. The summed E-state index contributed by atoms with van der Waals surface area (Å²) in [5, 5.41) is 3.21. The van der Waals surface area contributed by atoms with E-state index in [9.17, 15) is 13.2 Å². The summed E-state index contributed by atoms with van der Waals surface area (Å²) in [6.45, 7) is -0.0494. The molecule has 1 N–H and O–H groups in total. The van der Waals surface area contributed by atoms with E-state index in [0.29, 0.717) is 10.8 Å². The Balaban J connectivity index is 1.96. The Morgan fingerprint density at radius 1 is 1.26 bits per heavy atom. The van der Waals surface area contributed by atoms with Crippen LogP contribution in [-0.2, 0) is 27.9 Å². The molecule has 23 heavy (non-hydrogen) atoms. The first kappa shape index (κ1) is 17.5. The van der Waals surface area contributed by atoms with E-state index < -0.39 is 15.9 Å². The lowest BCUT2D eigenvalue weighted by molar-refractivity contribution is -0.121. The zero-order valence-electron chi connectivity index (χ0n) is 12.5. The Labute approximate surface area is 140 Å². The molecule has 0 unspecified atom stereocenters. The molecule has 1 aromatic heterocycles. The van der Waals surface area contributed by atoms with Crippen molar-refractivity contribution in [2.45, 2.75) is 13.1 Å². The van der Waals surface area contributed by atoms with E-state index in [2.05, 4.69) is 5.32 Å². The number of amides is 1. The highest BCUT2D eigenvalue weighted by atomic mass is 35.5. The first-order valence-corrected chi connectivity index (χ1v) is 9.06. The minimum absolute atomic E-state index is 0.00530. The maximum Gasteiger partial charge on any atom is 0.235 e. The summed E-state index contributed by atoms with van der Waals surface area (Å²) in [6.07, 6.45) is 2.50. The number of hydrogen-bond acceptors (Lipinski definition) is 4. The first-order valence-electron chi connectivity index (χ1n) is 6.84. The van der Waals surface area contributed by atoms with Crippen LogP contribution in [0.3, 0.4) is 0 Å². The molecule has 124 valence electrons. The molecule has 0 aliphatic rings. The van der Waals surface area contributed by atoms with Gasteiger partial charge in [-0.2, -0.15) is 4.31 Å². The van der Waals surface area contributed by atoms with Gasteiger partial charge in [-0.05, 0) is 23.8 Å². The Hall–Kier alpha value is -1.83. The van der Waals surface area contributed by atoms with Gasteiger partial charge in [0.1, 0.15) is 5.76 Å². The van der Waals surface area contributed by atoms with E-state index in [4.69, 9.17) is 16.0 Å². The molecular weight excluding hydrogens is 340 g/mol. The molecule has 1 aromatic carbocycles. The van der Waals surface area contributed by atoms with Crippen LogP contribution in [0.15, 0.2) is 47.1 Å². The largest absolute Gasteiger partial charge is 0.468 e. The number of benzene rings is 1. The van der Waals surface area contributed by atoms with Crippen molar-refractivity contribution in [2.75, 3.05) is 12.8 Å². The van der Waals surface area contributed by atoms with E-state index in [1.165, 1.54) is 6.26 Å². The fraction of sp³-hybridized carbons (Fsp3) is 0.267. The Kier molecular flexibility index (Phi) is 5.81. The lowest BCUT2D eigenvalue weighted by Gasteiger charge is -2.18. The number of sulfonamides is 1. The minimum atomic E-state index is -3.54. The summed E-state index contributed by atoms with van der Waals surface area (Å²) < 4.78 is 29.8. The smallest absolute Gasteiger partial charge is 0.235 e. The van der Waals surface area contributed by atoms with Crippen LogP contribution in [0.1, 0.15) is 11.3 Å². The van der Waals surface area contributed by atoms with Gasteiger partial charge in [0.05, 0.1) is 25.6 Å². The van der Waals surface area contributed by atoms with Gasteiger partial charge in [0.25, 0.3) is 0 Å². The lowest BCUT2D eigenvalue weighted by atomic mass is 10.2. The standard InChI is InChI=1S/C15H17ClN2O4S/c1-23(20,21)18(10-13-6-4-8-22-13)11-15(19)17-9-12-5-2-3-7-14(12)16/h2-8H,9-11H2,1H3,(H,17,19). The van der Waals surface area contributed by atoms with Crippen molar-refractivity contribution in [1.29, 1.82) is 0 Å². The van der Waals surface area contributed by atoms with Crippen LogP contribution in [0, 0.1) is 0 Å². The molecule has 0 saturated carbocycles. The molecule has 0 aliphatic heterocycles. The Morgan fingerprint density at radius 3 is 2.61 bits per heavy atom. The van der Waals surface area contributed by atoms with Gasteiger partial charge in [-0.25, -0.2) is 8.42 Å². The minimum Gasteiger partial charge on any atom is -0.468 e. The van der Waals surface area contributed by atoms with Gasteiger partial charge in [0.15, 0.2) is 0 Å². The highest BCUT2D eigenvalue weighted by molar-refractivity contribution is 7.88. The third-order valence-corrected chi connectivity index (χ3v) is 4.70. The molecule has 0 aliphatic carbocycles. The Bertz CT molecular complexity index is 760. The van der Waals surface area contributed by atoms with Crippen LogP contribution in [-0.4, -0.2) is 31.4 Å². The number of rotatable bonds is 7. The summed E-state index contributed by atoms with van der Waals surface area (Å²) in [5.74, 6) is 0.0521. The molecule has 8 heteroatoms. The van der Waals surface area contributed by atoms with Gasteiger partial charge >= 0.3 is 0 Å². The number of hydrogen-bond donors (Lipinski definition) is 1. The zero-order chi connectivity index (χ0) is 16.9. The van der Waals surface area contributed by atoms with Crippen LogP contribution in [0.25, 0.3) is 0 Å². The van der Waals surface area contributed by atoms with E-state index >= 15 is 0 Å². The molecular formula is C15H17ClN2O4S. The van der Waals surface area contributed by atoms with Crippen molar-refractivity contribution < 1.29 is 17.6 Å². The predicted molar refractivity (Wildman–Crippen MR) is 87.3 cm³/mol. The van der Waals surface area contributed by atoms with Crippen molar-refractivity contribution in [3.05, 3.63) is 59.0 Å². The van der Waals surface area contributed by atoms with E-state index in [1.807, 2.05) is 6.07 Å². The van der Waals surface area contributed by atoms with Crippen LogP contribution in [0.2, 0.25) is 5.02 Å².